The van der Waals surface area contributed by atoms with E-state index >= 15 is 0 Å². The molecule has 1 aliphatic heterocycles. The van der Waals surface area contributed by atoms with Crippen molar-refractivity contribution in [2.24, 2.45) is 5.73 Å². The fourth-order valence-corrected chi connectivity index (χ4v) is 3.84. The molecule has 2 atom stereocenters. The number of halogens is 1. The molecule has 2 heterocycles. The van der Waals surface area contributed by atoms with Crippen LogP contribution in [0.1, 0.15) is 44.7 Å². The molecule has 0 aliphatic carbocycles. The predicted molar refractivity (Wildman–Crippen MR) is 106 cm³/mol. The zero-order valence-electron chi connectivity index (χ0n) is 15.9. The maximum Gasteiger partial charge on any atom is 0.255 e. The Hall–Kier alpha value is -3.54. The Labute approximate surface area is 168 Å². The minimum Gasteiger partial charge on any atom is -0.369 e. The van der Waals surface area contributed by atoms with Gasteiger partial charge in [0, 0.05) is 18.3 Å². The minimum atomic E-state index is -0.876. The molecule has 2 N–H and O–H groups in total. The summed E-state index contributed by atoms with van der Waals surface area (Å²) < 4.78 is 13.6. The second-order valence-electron chi connectivity index (χ2n) is 7.23. The second-order valence-corrected chi connectivity index (χ2v) is 7.23. The number of rotatable bonds is 5. The van der Waals surface area contributed by atoms with E-state index in [2.05, 4.69) is 4.98 Å². The average molecular weight is 389 g/mol. The molecule has 0 fully saturated rings. The highest BCUT2D eigenvalue weighted by atomic mass is 19.1. The molecule has 4 rings (SSSR count). The average Bonchev–Trinajstić information content (AvgIpc) is 3.04. The van der Waals surface area contributed by atoms with Crippen LogP contribution in [-0.2, 0) is 11.3 Å². The summed E-state index contributed by atoms with van der Waals surface area (Å²) in [7, 11) is 0. The number of aryl methyl sites for hydroxylation is 1. The standard InChI is InChI=1S/C23H20FN3O2/c1-14-6-11-19(26-12-14)20(22(25)28)21(15-7-9-17(24)10-8-15)27-13-16-4-2-3-5-18(16)23(27)29/h2-12,20-21H,13H2,1H3,(H2,25,28). The number of hydrogen-bond donors (Lipinski definition) is 1. The number of pyridine rings is 1. The van der Waals surface area contributed by atoms with Gasteiger partial charge in [-0.2, -0.15) is 0 Å². The summed E-state index contributed by atoms with van der Waals surface area (Å²) in [6, 6.07) is 16.0. The SMILES string of the molecule is Cc1ccc(C(C(N)=O)C(c2ccc(F)cc2)N2Cc3ccccc3C2=O)nc1. The van der Waals surface area contributed by atoms with E-state index in [1.807, 2.05) is 25.1 Å². The van der Waals surface area contributed by atoms with Gasteiger partial charge in [-0.25, -0.2) is 4.39 Å². The van der Waals surface area contributed by atoms with Crippen molar-refractivity contribution < 1.29 is 14.0 Å². The van der Waals surface area contributed by atoms with E-state index in [0.29, 0.717) is 23.4 Å². The highest BCUT2D eigenvalue weighted by molar-refractivity contribution is 5.99. The summed E-state index contributed by atoms with van der Waals surface area (Å²) in [6.45, 7) is 2.24. The fraction of sp³-hybridized carbons (Fsp3) is 0.174. The Morgan fingerprint density at radius 3 is 2.45 bits per heavy atom. The van der Waals surface area contributed by atoms with Crippen LogP contribution in [0.15, 0.2) is 66.9 Å². The summed E-state index contributed by atoms with van der Waals surface area (Å²) in [5.74, 6) is -2.06. The van der Waals surface area contributed by atoms with Crippen molar-refractivity contribution in [2.75, 3.05) is 0 Å². The van der Waals surface area contributed by atoms with Gasteiger partial charge < -0.3 is 10.6 Å². The largest absolute Gasteiger partial charge is 0.369 e. The van der Waals surface area contributed by atoms with Crippen LogP contribution in [0, 0.1) is 12.7 Å². The van der Waals surface area contributed by atoms with Crippen molar-refractivity contribution in [1.29, 1.82) is 0 Å². The van der Waals surface area contributed by atoms with Crippen LogP contribution in [0.4, 0.5) is 4.39 Å². The number of nitrogens with zero attached hydrogens (tertiary/aromatic N) is 2. The molecule has 0 radical (unpaired) electrons. The van der Waals surface area contributed by atoms with E-state index in [9.17, 15) is 14.0 Å². The normalized spacial score (nSPS) is 15.1. The van der Waals surface area contributed by atoms with Crippen molar-refractivity contribution in [3.8, 4) is 0 Å². The van der Waals surface area contributed by atoms with E-state index in [1.165, 1.54) is 12.1 Å². The molecule has 1 aliphatic rings. The van der Waals surface area contributed by atoms with Crippen LogP contribution in [-0.4, -0.2) is 21.7 Å². The van der Waals surface area contributed by atoms with Crippen LogP contribution in [0.5, 0.6) is 0 Å². The number of amides is 2. The van der Waals surface area contributed by atoms with Gasteiger partial charge >= 0.3 is 0 Å². The van der Waals surface area contributed by atoms with Crippen LogP contribution >= 0.6 is 0 Å². The Bertz CT molecular complexity index is 1060. The van der Waals surface area contributed by atoms with E-state index in [0.717, 1.165) is 11.1 Å². The van der Waals surface area contributed by atoms with Gasteiger partial charge in [-0.05, 0) is 47.9 Å². The van der Waals surface area contributed by atoms with Crippen molar-refractivity contribution in [3.63, 3.8) is 0 Å². The van der Waals surface area contributed by atoms with Gasteiger partial charge in [-0.1, -0.05) is 36.4 Å². The van der Waals surface area contributed by atoms with E-state index < -0.39 is 23.7 Å². The number of fused-ring (bicyclic) bond motifs is 1. The van der Waals surface area contributed by atoms with Crippen molar-refractivity contribution in [2.45, 2.75) is 25.4 Å². The third-order valence-electron chi connectivity index (χ3n) is 5.27. The Morgan fingerprint density at radius 2 is 1.83 bits per heavy atom. The van der Waals surface area contributed by atoms with Gasteiger partial charge in [-0.3, -0.25) is 14.6 Å². The van der Waals surface area contributed by atoms with E-state index in [1.54, 1.807) is 41.4 Å². The molecular weight excluding hydrogens is 369 g/mol. The van der Waals surface area contributed by atoms with Gasteiger partial charge in [-0.15, -0.1) is 0 Å². The van der Waals surface area contributed by atoms with Gasteiger partial charge in [0.25, 0.3) is 5.91 Å². The zero-order valence-corrected chi connectivity index (χ0v) is 15.9. The number of aromatic nitrogens is 1. The monoisotopic (exact) mass is 389 g/mol. The molecule has 146 valence electrons. The van der Waals surface area contributed by atoms with Crippen molar-refractivity contribution >= 4 is 11.8 Å². The predicted octanol–water partition coefficient (Wildman–Crippen LogP) is 3.50. The summed E-state index contributed by atoms with van der Waals surface area (Å²) >= 11 is 0. The highest BCUT2D eigenvalue weighted by Crippen LogP contribution is 2.40. The number of carbonyl (C=O) groups excluding carboxylic acids is 2. The molecule has 2 amide bonds. The molecule has 0 saturated carbocycles. The molecular formula is C23H20FN3O2. The Balaban J connectivity index is 1.84. The molecule has 6 heteroatoms. The first-order chi connectivity index (χ1) is 14.0. The molecule has 3 aromatic rings. The zero-order chi connectivity index (χ0) is 20.5. The smallest absolute Gasteiger partial charge is 0.255 e. The van der Waals surface area contributed by atoms with Crippen LogP contribution in [0.25, 0.3) is 0 Å². The first kappa shape index (κ1) is 18.8. The lowest BCUT2D eigenvalue weighted by atomic mass is 9.87. The quantitative estimate of drug-likeness (QED) is 0.726. The molecule has 2 unspecified atom stereocenters. The molecule has 1 aromatic heterocycles. The fourth-order valence-electron chi connectivity index (χ4n) is 3.84. The molecule has 5 nitrogen and oxygen atoms in total. The van der Waals surface area contributed by atoms with Crippen LogP contribution < -0.4 is 5.73 Å². The van der Waals surface area contributed by atoms with Crippen molar-refractivity contribution in [3.05, 3.63) is 101 Å². The highest BCUT2D eigenvalue weighted by Gasteiger charge is 2.41. The van der Waals surface area contributed by atoms with Crippen LogP contribution in [0.2, 0.25) is 0 Å². The maximum atomic E-state index is 13.6. The van der Waals surface area contributed by atoms with Crippen LogP contribution in [0.3, 0.4) is 0 Å². The third kappa shape index (κ3) is 3.49. The lowest BCUT2D eigenvalue weighted by molar-refractivity contribution is -0.121. The number of hydrogen-bond acceptors (Lipinski definition) is 3. The molecule has 2 aromatic carbocycles. The van der Waals surface area contributed by atoms with Gasteiger partial charge in [0.2, 0.25) is 5.91 Å². The summed E-state index contributed by atoms with van der Waals surface area (Å²) in [4.78, 5) is 31.8. The summed E-state index contributed by atoms with van der Waals surface area (Å²) in [5, 5.41) is 0. The van der Waals surface area contributed by atoms with E-state index in [4.69, 9.17) is 5.73 Å². The summed E-state index contributed by atoms with van der Waals surface area (Å²) in [5.41, 5.74) is 9.32. The maximum absolute atomic E-state index is 13.6. The number of primary amides is 1. The summed E-state index contributed by atoms with van der Waals surface area (Å²) in [6.07, 6.45) is 1.66. The Kier molecular flexibility index (Phi) is 4.84. The lowest BCUT2D eigenvalue weighted by Gasteiger charge is -2.33. The lowest BCUT2D eigenvalue weighted by Crippen LogP contribution is -2.39. The molecule has 29 heavy (non-hydrogen) atoms. The third-order valence-corrected chi connectivity index (χ3v) is 5.27. The Morgan fingerprint density at radius 1 is 1.10 bits per heavy atom. The molecule has 0 spiro atoms. The minimum absolute atomic E-state index is 0.187. The first-order valence-electron chi connectivity index (χ1n) is 9.32. The molecule has 0 bridgehead atoms. The molecule has 0 saturated heterocycles. The van der Waals surface area contributed by atoms with E-state index in [-0.39, 0.29) is 5.91 Å². The number of benzene rings is 2. The van der Waals surface area contributed by atoms with Gasteiger partial charge in [0.1, 0.15) is 11.7 Å². The number of nitrogens with two attached hydrogens (primary N) is 1. The topological polar surface area (TPSA) is 76.3 Å². The van der Waals surface area contributed by atoms with Gasteiger partial charge in [0.15, 0.2) is 0 Å². The first-order valence-corrected chi connectivity index (χ1v) is 9.32. The second kappa shape index (κ2) is 7.47. The van der Waals surface area contributed by atoms with Gasteiger partial charge in [0.05, 0.1) is 11.7 Å². The van der Waals surface area contributed by atoms with Crippen molar-refractivity contribution in [1.82, 2.24) is 9.88 Å². The number of carbonyl (C=O) groups is 2.